The van der Waals surface area contributed by atoms with Gasteiger partial charge in [-0.2, -0.15) is 4.57 Å². The van der Waals surface area contributed by atoms with Gasteiger partial charge in [0.15, 0.2) is 12.4 Å². The van der Waals surface area contributed by atoms with E-state index in [9.17, 15) is 9.59 Å². The zero-order valence-corrected chi connectivity index (χ0v) is 13.4. The summed E-state index contributed by atoms with van der Waals surface area (Å²) in [6.07, 6.45) is 3.36. The van der Waals surface area contributed by atoms with E-state index in [-0.39, 0.29) is 30.6 Å². The first kappa shape index (κ1) is 17.6. The minimum Gasteiger partial charge on any atom is -1.00 e. The lowest BCUT2D eigenvalue weighted by molar-refractivity contribution is -0.683. The van der Waals surface area contributed by atoms with Crippen molar-refractivity contribution < 1.29 is 26.6 Å². The van der Waals surface area contributed by atoms with Crippen LogP contribution in [-0.4, -0.2) is 18.7 Å². The predicted molar refractivity (Wildman–Crippen MR) is 76.8 cm³/mol. The third-order valence-electron chi connectivity index (χ3n) is 2.53. The predicted octanol–water partition coefficient (Wildman–Crippen LogP) is -1.56. The lowest BCUT2D eigenvalue weighted by Gasteiger charge is -2.01. The van der Waals surface area contributed by atoms with Gasteiger partial charge in [0.1, 0.15) is 5.56 Å². The van der Waals surface area contributed by atoms with Gasteiger partial charge in [-0.05, 0) is 18.2 Å². The Bertz CT molecular complexity index is 646. The molecule has 2 aromatic rings. The van der Waals surface area contributed by atoms with E-state index < -0.39 is 0 Å². The van der Waals surface area contributed by atoms with Crippen LogP contribution in [0.15, 0.2) is 36.7 Å². The second kappa shape index (κ2) is 8.09. The number of Topliss-reactive ketones (excluding diaryl/α,β-unsaturated/α-hetero) is 1. The summed E-state index contributed by atoms with van der Waals surface area (Å²) >= 11 is 7.06. The van der Waals surface area contributed by atoms with E-state index in [0.717, 1.165) is 0 Å². The molecule has 0 radical (unpaired) electrons. The molecule has 2 aromatic heterocycles. The van der Waals surface area contributed by atoms with Crippen molar-refractivity contribution in [2.24, 2.45) is 0 Å². The summed E-state index contributed by atoms with van der Waals surface area (Å²) in [5.41, 5.74) is 5.51. The highest BCUT2D eigenvalue weighted by Gasteiger charge is 2.16. The van der Waals surface area contributed by atoms with Gasteiger partial charge in [0, 0.05) is 13.1 Å². The molecule has 0 aliphatic carbocycles. The Balaban J connectivity index is 0.00000220. The van der Waals surface area contributed by atoms with E-state index in [1.807, 2.05) is 0 Å². The average molecular weight is 346 g/mol. The molecule has 0 atom stereocenters. The number of hydrazine groups is 1. The SMILES string of the molecule is CNNC(=O)c1ccc[n+](CC(=O)c2ccc(Cl)s2)c1.[Cl-]. The third-order valence-corrected chi connectivity index (χ3v) is 3.81. The standard InChI is InChI=1S/C13H12ClN3O2S.ClH/c1-15-16-13(19)9-3-2-6-17(7-9)8-10(18)11-4-5-12(14)20-11;/h2-7,15H,8H2,1H3;1H. The van der Waals surface area contributed by atoms with Crippen molar-refractivity contribution in [1.82, 2.24) is 10.9 Å². The molecule has 0 bridgehead atoms. The van der Waals surface area contributed by atoms with Gasteiger partial charge in [-0.25, -0.2) is 5.43 Å². The highest BCUT2D eigenvalue weighted by molar-refractivity contribution is 7.18. The van der Waals surface area contributed by atoms with Crippen LogP contribution in [0, 0.1) is 0 Å². The number of thiophene rings is 1. The highest BCUT2D eigenvalue weighted by atomic mass is 35.5. The monoisotopic (exact) mass is 345 g/mol. The second-order valence-corrected chi connectivity index (χ2v) is 5.71. The van der Waals surface area contributed by atoms with Gasteiger partial charge < -0.3 is 12.4 Å². The quantitative estimate of drug-likeness (QED) is 0.391. The van der Waals surface area contributed by atoms with Crippen LogP contribution in [0.25, 0.3) is 0 Å². The minimum absolute atomic E-state index is 0. The zero-order valence-electron chi connectivity index (χ0n) is 11.1. The molecule has 0 aliphatic heterocycles. The lowest BCUT2D eigenvalue weighted by Crippen LogP contribution is -3.00. The van der Waals surface area contributed by atoms with Crippen LogP contribution >= 0.6 is 22.9 Å². The van der Waals surface area contributed by atoms with Gasteiger partial charge in [0.2, 0.25) is 12.3 Å². The van der Waals surface area contributed by atoms with E-state index >= 15 is 0 Å². The number of rotatable bonds is 5. The van der Waals surface area contributed by atoms with Gasteiger partial charge >= 0.3 is 0 Å². The van der Waals surface area contributed by atoms with Crippen molar-refractivity contribution in [2.45, 2.75) is 6.54 Å². The number of carbonyl (C=O) groups is 2. The Labute approximate surface area is 137 Å². The molecule has 112 valence electrons. The number of aromatic nitrogens is 1. The molecule has 2 rings (SSSR count). The largest absolute Gasteiger partial charge is 1.00 e. The molecule has 2 heterocycles. The van der Waals surface area contributed by atoms with Crippen LogP contribution in [0.2, 0.25) is 4.34 Å². The summed E-state index contributed by atoms with van der Waals surface area (Å²) in [5.74, 6) is -0.299. The smallest absolute Gasteiger partial charge is 0.271 e. The van der Waals surface area contributed by atoms with Crippen LogP contribution in [0.5, 0.6) is 0 Å². The number of ketones is 1. The number of hydrogen-bond acceptors (Lipinski definition) is 4. The van der Waals surface area contributed by atoms with Crippen LogP contribution in [-0.2, 0) is 6.54 Å². The van der Waals surface area contributed by atoms with Crippen molar-refractivity contribution in [3.8, 4) is 0 Å². The third kappa shape index (κ3) is 4.78. The highest BCUT2D eigenvalue weighted by Crippen LogP contribution is 2.21. The molecule has 8 heteroatoms. The summed E-state index contributed by atoms with van der Waals surface area (Å²) in [7, 11) is 1.61. The maximum Gasteiger partial charge on any atom is 0.271 e. The molecule has 2 N–H and O–H groups in total. The van der Waals surface area contributed by atoms with E-state index in [1.165, 1.54) is 11.3 Å². The second-order valence-electron chi connectivity index (χ2n) is 4.00. The molecule has 0 aliphatic rings. The lowest BCUT2D eigenvalue weighted by atomic mass is 10.2. The Morgan fingerprint density at radius 1 is 1.33 bits per heavy atom. The Kier molecular flexibility index (Phi) is 6.77. The summed E-state index contributed by atoms with van der Waals surface area (Å²) < 4.78 is 2.25. The van der Waals surface area contributed by atoms with E-state index in [1.54, 1.807) is 48.3 Å². The number of pyridine rings is 1. The molecule has 0 saturated carbocycles. The van der Waals surface area contributed by atoms with Crippen molar-refractivity contribution in [3.63, 3.8) is 0 Å². The van der Waals surface area contributed by atoms with E-state index in [0.29, 0.717) is 14.8 Å². The first-order valence-electron chi connectivity index (χ1n) is 5.85. The van der Waals surface area contributed by atoms with Crippen molar-refractivity contribution in [3.05, 3.63) is 51.4 Å². The summed E-state index contributed by atoms with van der Waals surface area (Å²) in [4.78, 5) is 24.3. The van der Waals surface area contributed by atoms with Crippen molar-refractivity contribution >= 4 is 34.6 Å². The Morgan fingerprint density at radius 3 is 2.71 bits per heavy atom. The molecule has 0 unspecified atom stereocenters. The van der Waals surface area contributed by atoms with Crippen LogP contribution < -0.4 is 27.8 Å². The van der Waals surface area contributed by atoms with Crippen molar-refractivity contribution in [2.75, 3.05) is 7.05 Å². The van der Waals surface area contributed by atoms with Crippen LogP contribution in [0.3, 0.4) is 0 Å². The molecule has 5 nitrogen and oxygen atoms in total. The first-order valence-corrected chi connectivity index (χ1v) is 7.04. The maximum absolute atomic E-state index is 12.1. The summed E-state index contributed by atoms with van der Waals surface area (Å²) in [5, 5.41) is 0. The first-order chi connectivity index (χ1) is 9.60. The molecule has 1 amide bonds. The maximum atomic E-state index is 12.1. The molecule has 0 aromatic carbocycles. The summed E-state index contributed by atoms with van der Waals surface area (Å²) in [6, 6.07) is 6.79. The van der Waals surface area contributed by atoms with Gasteiger partial charge in [0.05, 0.1) is 9.21 Å². The van der Waals surface area contributed by atoms with E-state index in [4.69, 9.17) is 11.6 Å². The number of nitrogens with one attached hydrogen (secondary N) is 2. The molecule has 0 fully saturated rings. The molecular weight excluding hydrogens is 333 g/mol. The number of hydrogen-bond donors (Lipinski definition) is 2. The average Bonchev–Trinajstić information content (AvgIpc) is 2.86. The van der Waals surface area contributed by atoms with Gasteiger partial charge in [-0.15, -0.1) is 11.3 Å². The molecular formula is C13H13Cl2N3O2S. The molecule has 21 heavy (non-hydrogen) atoms. The van der Waals surface area contributed by atoms with Gasteiger partial charge in [0.25, 0.3) is 5.91 Å². The number of carbonyl (C=O) groups excluding carboxylic acids is 2. The zero-order chi connectivity index (χ0) is 14.5. The van der Waals surface area contributed by atoms with Crippen LogP contribution in [0.1, 0.15) is 20.0 Å². The number of nitrogens with zero attached hydrogens (tertiary/aromatic N) is 1. The fraction of sp³-hybridized carbons (Fsp3) is 0.154. The minimum atomic E-state index is -0.256. The molecule has 0 spiro atoms. The number of amides is 1. The topological polar surface area (TPSA) is 62.1 Å². The van der Waals surface area contributed by atoms with Gasteiger partial charge in [-0.1, -0.05) is 11.6 Å². The van der Waals surface area contributed by atoms with Gasteiger partial charge in [-0.3, -0.25) is 15.0 Å². The Morgan fingerprint density at radius 2 is 2.10 bits per heavy atom. The fourth-order valence-electron chi connectivity index (χ4n) is 1.65. The van der Waals surface area contributed by atoms with Crippen LogP contribution in [0.4, 0.5) is 0 Å². The van der Waals surface area contributed by atoms with Crippen molar-refractivity contribution in [1.29, 1.82) is 0 Å². The van der Waals surface area contributed by atoms with E-state index in [2.05, 4.69) is 10.9 Å². The number of halogens is 2. The molecule has 0 saturated heterocycles. The normalized spacial score (nSPS) is 9.81. The Hall–Kier alpha value is -1.47. The summed E-state index contributed by atoms with van der Waals surface area (Å²) in [6.45, 7) is 0.164. The fourth-order valence-corrected chi connectivity index (χ4v) is 2.62.